The van der Waals surface area contributed by atoms with Crippen molar-refractivity contribution in [2.75, 3.05) is 20.1 Å². The molecule has 146 valence electrons. The van der Waals surface area contributed by atoms with Crippen molar-refractivity contribution in [1.82, 2.24) is 9.21 Å². The second kappa shape index (κ2) is 8.48. The third kappa shape index (κ3) is 4.62. The molecule has 26 heavy (non-hydrogen) atoms. The summed E-state index contributed by atoms with van der Waals surface area (Å²) in [5, 5.41) is 0. The predicted octanol–water partition coefficient (Wildman–Crippen LogP) is 3.12. The Labute approximate surface area is 156 Å². The van der Waals surface area contributed by atoms with Gasteiger partial charge in [-0.3, -0.25) is 4.79 Å². The Morgan fingerprint density at radius 1 is 1.23 bits per heavy atom. The summed E-state index contributed by atoms with van der Waals surface area (Å²) in [5.41, 5.74) is 0. The molecule has 0 spiro atoms. The van der Waals surface area contributed by atoms with Crippen molar-refractivity contribution in [1.29, 1.82) is 0 Å². The van der Waals surface area contributed by atoms with Crippen LogP contribution in [0.1, 0.15) is 40.0 Å². The van der Waals surface area contributed by atoms with Crippen molar-refractivity contribution in [3.05, 3.63) is 30.1 Å². The van der Waals surface area contributed by atoms with Crippen LogP contribution in [0.5, 0.6) is 0 Å². The van der Waals surface area contributed by atoms with Gasteiger partial charge >= 0.3 is 0 Å². The average molecular weight is 385 g/mol. The Morgan fingerprint density at radius 3 is 2.35 bits per heavy atom. The van der Waals surface area contributed by atoms with Crippen LogP contribution in [-0.2, 0) is 14.8 Å². The van der Waals surface area contributed by atoms with E-state index in [1.807, 2.05) is 14.0 Å². The van der Waals surface area contributed by atoms with Crippen LogP contribution in [0.25, 0.3) is 0 Å². The summed E-state index contributed by atoms with van der Waals surface area (Å²) in [4.78, 5) is 14.2. The summed E-state index contributed by atoms with van der Waals surface area (Å²) < 4.78 is 40.4. The van der Waals surface area contributed by atoms with Crippen LogP contribution >= 0.6 is 0 Å². The minimum absolute atomic E-state index is 0.0705. The van der Waals surface area contributed by atoms with Gasteiger partial charge in [0, 0.05) is 32.1 Å². The van der Waals surface area contributed by atoms with E-state index in [1.54, 1.807) is 4.90 Å². The van der Waals surface area contributed by atoms with Crippen molar-refractivity contribution in [2.45, 2.75) is 51.0 Å². The molecule has 0 bridgehead atoms. The number of hydrogen-bond donors (Lipinski definition) is 0. The zero-order chi connectivity index (χ0) is 19.5. The van der Waals surface area contributed by atoms with Gasteiger partial charge in [-0.05, 0) is 44.2 Å². The van der Waals surface area contributed by atoms with E-state index in [1.165, 1.54) is 22.5 Å². The molecule has 1 saturated heterocycles. The fourth-order valence-corrected chi connectivity index (χ4v) is 5.02. The van der Waals surface area contributed by atoms with Gasteiger partial charge in [0.1, 0.15) is 10.7 Å². The zero-order valence-corrected chi connectivity index (χ0v) is 16.8. The molecule has 1 heterocycles. The molecule has 2 rings (SSSR count). The molecule has 1 atom stereocenters. The lowest BCUT2D eigenvalue weighted by atomic mass is 9.95. The summed E-state index contributed by atoms with van der Waals surface area (Å²) in [7, 11) is -2.04. The van der Waals surface area contributed by atoms with Gasteiger partial charge < -0.3 is 4.90 Å². The summed E-state index contributed by atoms with van der Waals surface area (Å²) in [6.45, 7) is 6.76. The fraction of sp³-hybridized carbons (Fsp3) is 0.632. The van der Waals surface area contributed by atoms with Crippen LogP contribution in [0.4, 0.5) is 4.39 Å². The van der Waals surface area contributed by atoms with Gasteiger partial charge in [0.25, 0.3) is 0 Å². The maximum Gasteiger partial charge on any atom is 0.245 e. The first-order chi connectivity index (χ1) is 12.1. The lowest BCUT2D eigenvalue weighted by Crippen LogP contribution is -2.45. The van der Waals surface area contributed by atoms with Gasteiger partial charge in [0.15, 0.2) is 0 Å². The minimum atomic E-state index is -3.86. The first-order valence-electron chi connectivity index (χ1n) is 9.16. The predicted molar refractivity (Wildman–Crippen MR) is 99.6 cm³/mol. The maximum absolute atomic E-state index is 13.9. The molecular weight excluding hydrogens is 355 g/mol. The third-order valence-corrected chi connectivity index (χ3v) is 7.01. The molecule has 5 nitrogen and oxygen atoms in total. The highest BCUT2D eigenvalue weighted by atomic mass is 32.2. The number of benzene rings is 1. The average Bonchev–Trinajstić information content (AvgIpc) is 2.60. The molecule has 0 N–H and O–H groups in total. The number of hydrogen-bond acceptors (Lipinski definition) is 3. The van der Waals surface area contributed by atoms with Gasteiger partial charge in [-0.25, -0.2) is 12.8 Å². The fourth-order valence-electron chi connectivity index (χ4n) is 3.48. The summed E-state index contributed by atoms with van der Waals surface area (Å²) in [6.07, 6.45) is 1.86. The van der Waals surface area contributed by atoms with Crippen LogP contribution in [0.2, 0.25) is 0 Å². The summed E-state index contributed by atoms with van der Waals surface area (Å²) in [6, 6.07) is 5.56. The number of sulfonamides is 1. The van der Waals surface area contributed by atoms with Crippen LogP contribution in [0, 0.1) is 17.7 Å². The highest BCUT2D eigenvalue weighted by Gasteiger charge is 2.34. The maximum atomic E-state index is 13.9. The minimum Gasteiger partial charge on any atom is -0.343 e. The highest BCUT2D eigenvalue weighted by Crippen LogP contribution is 2.27. The SMILES string of the molecule is CC(C)CC(C)N(C)C(=O)C1CCN(S(=O)(=O)c2ccccc2F)CC1. The molecule has 7 heteroatoms. The largest absolute Gasteiger partial charge is 0.343 e. The normalized spacial score (nSPS) is 18.1. The lowest BCUT2D eigenvalue weighted by Gasteiger charge is -2.34. The van der Waals surface area contributed by atoms with Gasteiger partial charge in [0.05, 0.1) is 0 Å². The standard InChI is InChI=1S/C19H29FN2O3S/c1-14(2)13-15(3)21(4)19(23)16-9-11-22(12-10-16)26(24,25)18-8-6-5-7-17(18)20/h5-8,14-16H,9-13H2,1-4H3. The van der Waals surface area contributed by atoms with E-state index < -0.39 is 15.8 Å². The monoisotopic (exact) mass is 384 g/mol. The topological polar surface area (TPSA) is 57.7 Å². The van der Waals surface area contributed by atoms with E-state index in [0.717, 1.165) is 12.5 Å². The van der Waals surface area contributed by atoms with Crippen LogP contribution in [0.3, 0.4) is 0 Å². The Hall–Kier alpha value is -1.47. The Balaban J connectivity index is 2.00. The molecular formula is C19H29FN2O3S. The molecule has 1 aromatic rings. The number of carbonyl (C=O) groups excluding carboxylic acids is 1. The van der Waals surface area contributed by atoms with Crippen molar-refractivity contribution in [3.8, 4) is 0 Å². The Kier molecular flexibility index (Phi) is 6.80. The molecule has 0 radical (unpaired) electrons. The first kappa shape index (κ1) is 20.8. The van der Waals surface area contributed by atoms with Crippen LogP contribution in [0.15, 0.2) is 29.2 Å². The number of amides is 1. The van der Waals surface area contributed by atoms with E-state index >= 15 is 0 Å². The molecule has 1 unspecified atom stereocenters. The van der Waals surface area contributed by atoms with Gasteiger partial charge in [0.2, 0.25) is 15.9 Å². The first-order valence-corrected chi connectivity index (χ1v) is 10.6. The van der Waals surface area contributed by atoms with Gasteiger partial charge in [-0.15, -0.1) is 0 Å². The van der Waals surface area contributed by atoms with E-state index in [2.05, 4.69) is 13.8 Å². The van der Waals surface area contributed by atoms with E-state index in [4.69, 9.17) is 0 Å². The number of halogens is 1. The van der Waals surface area contributed by atoms with E-state index in [0.29, 0.717) is 18.8 Å². The number of rotatable bonds is 6. The second-order valence-corrected chi connectivity index (χ2v) is 9.44. The zero-order valence-electron chi connectivity index (χ0n) is 16.0. The third-order valence-electron chi connectivity index (χ3n) is 5.08. The van der Waals surface area contributed by atoms with Crippen LogP contribution in [-0.4, -0.2) is 49.7 Å². The lowest BCUT2D eigenvalue weighted by molar-refractivity contribution is -0.137. The number of carbonyl (C=O) groups is 1. The second-order valence-electron chi connectivity index (χ2n) is 7.54. The molecule has 1 fully saturated rings. The van der Waals surface area contributed by atoms with Crippen molar-refractivity contribution >= 4 is 15.9 Å². The Bertz CT molecular complexity index is 728. The smallest absolute Gasteiger partial charge is 0.245 e. The van der Waals surface area contributed by atoms with Crippen molar-refractivity contribution in [2.24, 2.45) is 11.8 Å². The Morgan fingerprint density at radius 2 is 1.81 bits per heavy atom. The van der Waals surface area contributed by atoms with Crippen LogP contribution < -0.4 is 0 Å². The van der Waals surface area contributed by atoms with Crippen molar-refractivity contribution < 1.29 is 17.6 Å². The molecule has 0 saturated carbocycles. The van der Waals surface area contributed by atoms with Gasteiger partial charge in [-0.2, -0.15) is 4.31 Å². The van der Waals surface area contributed by atoms with E-state index in [-0.39, 0.29) is 35.9 Å². The molecule has 0 aromatic heterocycles. The highest BCUT2D eigenvalue weighted by molar-refractivity contribution is 7.89. The van der Waals surface area contributed by atoms with Gasteiger partial charge in [-0.1, -0.05) is 26.0 Å². The molecule has 0 aliphatic carbocycles. The molecule has 1 aliphatic heterocycles. The number of piperidine rings is 1. The quantitative estimate of drug-likeness (QED) is 0.757. The number of nitrogens with zero attached hydrogens (tertiary/aromatic N) is 2. The molecule has 1 amide bonds. The summed E-state index contributed by atoms with van der Waals surface area (Å²) >= 11 is 0. The molecule has 1 aromatic carbocycles. The van der Waals surface area contributed by atoms with Crippen molar-refractivity contribution in [3.63, 3.8) is 0 Å². The summed E-state index contributed by atoms with van der Waals surface area (Å²) in [5.74, 6) is -0.344. The van der Waals surface area contributed by atoms with E-state index in [9.17, 15) is 17.6 Å². The molecule has 1 aliphatic rings.